The second-order valence-corrected chi connectivity index (χ2v) is 5.99. The van der Waals surface area contributed by atoms with Gasteiger partial charge in [0.2, 0.25) is 6.79 Å². The van der Waals surface area contributed by atoms with E-state index in [-0.39, 0.29) is 12.7 Å². The highest BCUT2D eigenvalue weighted by Gasteiger charge is 2.16. The van der Waals surface area contributed by atoms with Gasteiger partial charge in [-0.25, -0.2) is 0 Å². The van der Waals surface area contributed by atoms with Crippen molar-refractivity contribution in [2.45, 2.75) is 6.54 Å². The number of halogens is 1. The molecule has 2 N–H and O–H groups in total. The van der Waals surface area contributed by atoms with Gasteiger partial charge in [-0.3, -0.25) is 4.79 Å². The standard InChI is InChI=1S/C17H17ClN2O3/c1-20(9-12-2-7-15-16(8-12)23-11-22-15)10-17(21)19-14-5-3-13(18)4-6-14/h2-8H,9-11H2,1H3,(H,19,21)/p+1. The molecule has 1 amide bonds. The molecule has 0 aliphatic carbocycles. The molecule has 3 rings (SSSR count). The molecule has 0 spiro atoms. The lowest BCUT2D eigenvalue weighted by Crippen LogP contribution is -3.08. The number of ether oxygens (including phenoxy) is 2. The van der Waals surface area contributed by atoms with Gasteiger partial charge in [0.15, 0.2) is 18.0 Å². The Morgan fingerprint density at radius 2 is 1.91 bits per heavy atom. The van der Waals surface area contributed by atoms with Crippen molar-refractivity contribution in [2.24, 2.45) is 0 Å². The van der Waals surface area contributed by atoms with Crippen LogP contribution in [0.4, 0.5) is 5.69 Å². The largest absolute Gasteiger partial charge is 0.454 e. The van der Waals surface area contributed by atoms with Crippen LogP contribution in [0.25, 0.3) is 0 Å². The minimum Gasteiger partial charge on any atom is -0.454 e. The van der Waals surface area contributed by atoms with Gasteiger partial charge in [-0.1, -0.05) is 11.6 Å². The number of amides is 1. The fourth-order valence-corrected chi connectivity index (χ4v) is 2.60. The predicted octanol–water partition coefficient (Wildman–Crippen LogP) is 1.72. The Hall–Kier alpha value is -2.24. The van der Waals surface area contributed by atoms with Crippen LogP contribution in [0, 0.1) is 0 Å². The van der Waals surface area contributed by atoms with Gasteiger partial charge < -0.3 is 19.7 Å². The molecule has 0 aromatic heterocycles. The Kier molecular flexibility index (Phi) is 4.69. The molecule has 1 aliphatic heterocycles. The minimum atomic E-state index is -0.0365. The van der Waals surface area contributed by atoms with Crippen molar-refractivity contribution in [3.63, 3.8) is 0 Å². The van der Waals surface area contributed by atoms with Crippen molar-refractivity contribution in [1.29, 1.82) is 0 Å². The second kappa shape index (κ2) is 6.89. The first-order valence-corrected chi connectivity index (χ1v) is 7.73. The van der Waals surface area contributed by atoms with E-state index < -0.39 is 0 Å². The SMILES string of the molecule is C[NH+](CC(=O)Nc1ccc(Cl)cc1)Cc1ccc2c(c1)OCO2. The molecule has 6 heteroatoms. The summed E-state index contributed by atoms with van der Waals surface area (Å²) in [6, 6.07) is 12.9. The molecular formula is C17H18ClN2O3+. The minimum absolute atomic E-state index is 0.0365. The fourth-order valence-electron chi connectivity index (χ4n) is 2.47. The molecule has 5 nitrogen and oxygen atoms in total. The van der Waals surface area contributed by atoms with Gasteiger partial charge in [0, 0.05) is 16.3 Å². The third-order valence-corrected chi connectivity index (χ3v) is 3.79. The molecule has 23 heavy (non-hydrogen) atoms. The van der Waals surface area contributed by atoms with Gasteiger partial charge in [0.1, 0.15) is 6.54 Å². The summed E-state index contributed by atoms with van der Waals surface area (Å²) in [5, 5.41) is 3.51. The van der Waals surface area contributed by atoms with Crippen LogP contribution in [0.1, 0.15) is 5.56 Å². The quantitative estimate of drug-likeness (QED) is 0.876. The van der Waals surface area contributed by atoms with Crippen LogP contribution >= 0.6 is 11.6 Å². The molecule has 0 bridgehead atoms. The first-order chi connectivity index (χ1) is 11.1. The smallest absolute Gasteiger partial charge is 0.279 e. The van der Waals surface area contributed by atoms with Gasteiger partial charge in [0.05, 0.1) is 7.05 Å². The summed E-state index contributed by atoms with van der Waals surface area (Å²) in [6.45, 7) is 1.37. The number of quaternary nitrogens is 1. The van der Waals surface area contributed by atoms with E-state index >= 15 is 0 Å². The number of rotatable bonds is 5. The molecule has 0 fully saturated rings. The normalized spacial score (nSPS) is 13.7. The van der Waals surface area contributed by atoms with E-state index in [4.69, 9.17) is 21.1 Å². The average Bonchev–Trinajstić information content (AvgIpc) is 2.97. The van der Waals surface area contributed by atoms with E-state index in [1.807, 2.05) is 25.2 Å². The Morgan fingerprint density at radius 3 is 2.70 bits per heavy atom. The molecule has 1 unspecified atom stereocenters. The van der Waals surface area contributed by atoms with E-state index in [0.29, 0.717) is 11.6 Å². The number of nitrogens with one attached hydrogen (secondary N) is 2. The van der Waals surface area contributed by atoms with Crippen LogP contribution in [-0.2, 0) is 11.3 Å². The number of anilines is 1. The molecule has 120 valence electrons. The number of hydrogen-bond donors (Lipinski definition) is 2. The van der Waals surface area contributed by atoms with Crippen LogP contribution in [0.15, 0.2) is 42.5 Å². The molecule has 0 saturated carbocycles. The Labute approximate surface area is 139 Å². The topological polar surface area (TPSA) is 52.0 Å². The van der Waals surface area contributed by atoms with Gasteiger partial charge in [-0.2, -0.15) is 0 Å². The van der Waals surface area contributed by atoms with Crippen molar-refractivity contribution in [3.05, 3.63) is 53.1 Å². The summed E-state index contributed by atoms with van der Waals surface area (Å²) < 4.78 is 10.7. The van der Waals surface area contributed by atoms with Crippen LogP contribution < -0.4 is 19.7 Å². The molecule has 0 saturated heterocycles. The monoisotopic (exact) mass is 333 g/mol. The maximum atomic E-state index is 12.1. The number of carbonyl (C=O) groups excluding carboxylic acids is 1. The van der Waals surface area contributed by atoms with E-state index in [1.165, 1.54) is 0 Å². The van der Waals surface area contributed by atoms with Gasteiger partial charge in [-0.05, 0) is 42.5 Å². The van der Waals surface area contributed by atoms with Crippen molar-refractivity contribution < 1.29 is 19.2 Å². The van der Waals surface area contributed by atoms with Crippen molar-refractivity contribution >= 4 is 23.2 Å². The third-order valence-electron chi connectivity index (χ3n) is 3.53. The average molecular weight is 334 g/mol. The summed E-state index contributed by atoms with van der Waals surface area (Å²) in [6.07, 6.45) is 0. The van der Waals surface area contributed by atoms with E-state index in [9.17, 15) is 4.79 Å². The molecule has 1 heterocycles. The lowest BCUT2D eigenvalue weighted by molar-refractivity contribution is -0.885. The van der Waals surface area contributed by atoms with E-state index in [0.717, 1.165) is 34.2 Å². The number of benzene rings is 2. The first-order valence-electron chi connectivity index (χ1n) is 7.35. The lowest BCUT2D eigenvalue weighted by atomic mass is 10.2. The maximum Gasteiger partial charge on any atom is 0.279 e. The number of likely N-dealkylation sites (N-methyl/N-ethyl adjacent to an activating group) is 1. The second-order valence-electron chi connectivity index (χ2n) is 5.55. The zero-order valence-corrected chi connectivity index (χ0v) is 13.5. The van der Waals surface area contributed by atoms with Crippen LogP contribution in [-0.4, -0.2) is 26.3 Å². The highest BCUT2D eigenvalue weighted by Crippen LogP contribution is 2.32. The molecular weight excluding hydrogens is 316 g/mol. The zero-order valence-electron chi connectivity index (χ0n) is 12.8. The summed E-state index contributed by atoms with van der Waals surface area (Å²) in [4.78, 5) is 13.2. The Balaban J connectivity index is 1.53. The number of hydrogen-bond acceptors (Lipinski definition) is 3. The highest BCUT2D eigenvalue weighted by atomic mass is 35.5. The Morgan fingerprint density at radius 1 is 1.17 bits per heavy atom. The third kappa shape index (κ3) is 4.15. The van der Waals surface area contributed by atoms with Gasteiger partial charge in [0.25, 0.3) is 5.91 Å². The maximum absolute atomic E-state index is 12.1. The summed E-state index contributed by atoms with van der Waals surface area (Å²) in [7, 11) is 1.98. The van der Waals surface area contributed by atoms with Crippen LogP contribution in [0.3, 0.4) is 0 Å². The van der Waals surface area contributed by atoms with E-state index in [1.54, 1.807) is 24.3 Å². The molecule has 0 radical (unpaired) electrons. The first kappa shape index (κ1) is 15.6. The number of carbonyl (C=O) groups is 1. The lowest BCUT2D eigenvalue weighted by Gasteiger charge is -2.14. The summed E-state index contributed by atoms with van der Waals surface area (Å²) in [5.41, 5.74) is 1.85. The van der Waals surface area contributed by atoms with Crippen LogP contribution in [0.2, 0.25) is 5.02 Å². The summed E-state index contributed by atoms with van der Waals surface area (Å²) in [5.74, 6) is 1.50. The highest BCUT2D eigenvalue weighted by molar-refractivity contribution is 6.30. The van der Waals surface area contributed by atoms with Crippen molar-refractivity contribution in [3.8, 4) is 11.5 Å². The Bertz CT molecular complexity index is 703. The van der Waals surface area contributed by atoms with E-state index in [2.05, 4.69) is 5.32 Å². The van der Waals surface area contributed by atoms with Crippen molar-refractivity contribution in [1.82, 2.24) is 0 Å². The predicted molar refractivity (Wildman–Crippen MR) is 88.1 cm³/mol. The van der Waals surface area contributed by atoms with Gasteiger partial charge >= 0.3 is 0 Å². The summed E-state index contributed by atoms with van der Waals surface area (Å²) >= 11 is 5.83. The van der Waals surface area contributed by atoms with Crippen molar-refractivity contribution in [2.75, 3.05) is 25.7 Å². The van der Waals surface area contributed by atoms with Crippen LogP contribution in [0.5, 0.6) is 11.5 Å². The molecule has 2 aromatic carbocycles. The zero-order chi connectivity index (χ0) is 16.2. The molecule has 2 aromatic rings. The number of fused-ring (bicyclic) bond motifs is 1. The molecule has 1 aliphatic rings. The van der Waals surface area contributed by atoms with Gasteiger partial charge in [-0.15, -0.1) is 0 Å². The molecule has 1 atom stereocenters. The fraction of sp³-hybridized carbons (Fsp3) is 0.235.